The number of carboxylic acid groups (broad SMARTS) is 1. The summed E-state index contributed by atoms with van der Waals surface area (Å²) < 4.78 is 11.5. The lowest BCUT2D eigenvalue weighted by Crippen LogP contribution is -2.15. The van der Waals surface area contributed by atoms with Gasteiger partial charge in [-0.3, -0.25) is 4.79 Å². The molecule has 0 amide bonds. The van der Waals surface area contributed by atoms with Crippen molar-refractivity contribution in [3.8, 4) is 17.2 Å². The average Bonchev–Trinajstić information content (AvgIpc) is 2.53. The fraction of sp³-hybridized carbons (Fsp3) is 0.300. The number of benzene rings is 2. The first-order valence-electron chi connectivity index (χ1n) is 8.28. The van der Waals surface area contributed by atoms with Crippen LogP contribution in [-0.2, 0) is 0 Å². The monoisotopic (exact) mass is 358 g/mol. The number of ketones is 1. The molecule has 0 saturated carbocycles. The lowest BCUT2D eigenvalue weighted by atomic mass is 9.99. The maximum Gasteiger partial charge on any atom is 0.339 e. The minimum atomic E-state index is -1.32. The van der Waals surface area contributed by atoms with Gasteiger partial charge in [0.15, 0.2) is 0 Å². The molecule has 2 rings (SSSR count). The van der Waals surface area contributed by atoms with E-state index in [4.69, 9.17) is 14.6 Å². The van der Waals surface area contributed by atoms with Crippen LogP contribution in [0.3, 0.4) is 0 Å². The van der Waals surface area contributed by atoms with E-state index in [1.807, 2.05) is 27.7 Å². The number of ether oxygens (including phenoxy) is 2. The summed E-state index contributed by atoms with van der Waals surface area (Å²) in [5.41, 5.74) is -0.00465. The Balaban J connectivity index is 2.59. The van der Waals surface area contributed by atoms with E-state index >= 15 is 0 Å². The van der Waals surface area contributed by atoms with Gasteiger partial charge < -0.3 is 19.7 Å². The Labute approximate surface area is 152 Å². The Morgan fingerprint density at radius 3 is 1.92 bits per heavy atom. The highest BCUT2D eigenvalue weighted by Crippen LogP contribution is 2.33. The van der Waals surface area contributed by atoms with Gasteiger partial charge in [-0.15, -0.1) is 0 Å². The minimum Gasteiger partial charge on any atom is -0.507 e. The SMILES string of the molecule is CC(C)Oc1cccc(OC(C)C)c1C(=O)c1ccc(O)c(C(=O)O)c1. The van der Waals surface area contributed by atoms with E-state index in [9.17, 15) is 14.7 Å². The van der Waals surface area contributed by atoms with Crippen molar-refractivity contribution in [2.24, 2.45) is 0 Å². The summed E-state index contributed by atoms with van der Waals surface area (Å²) in [4.78, 5) is 24.3. The van der Waals surface area contributed by atoms with Crippen molar-refractivity contribution >= 4 is 11.8 Å². The van der Waals surface area contributed by atoms with Crippen LogP contribution in [-0.4, -0.2) is 34.2 Å². The smallest absolute Gasteiger partial charge is 0.339 e. The lowest BCUT2D eigenvalue weighted by molar-refractivity contribution is 0.0693. The molecule has 0 heterocycles. The molecule has 0 spiro atoms. The summed E-state index contributed by atoms with van der Waals surface area (Å²) >= 11 is 0. The van der Waals surface area contributed by atoms with E-state index in [0.29, 0.717) is 11.5 Å². The fourth-order valence-corrected chi connectivity index (χ4v) is 2.43. The van der Waals surface area contributed by atoms with Gasteiger partial charge in [0, 0.05) is 5.56 Å². The third kappa shape index (κ3) is 4.33. The molecule has 138 valence electrons. The highest BCUT2D eigenvalue weighted by Gasteiger charge is 2.23. The molecular weight excluding hydrogens is 336 g/mol. The van der Waals surface area contributed by atoms with Gasteiger partial charge in [-0.05, 0) is 58.0 Å². The molecule has 26 heavy (non-hydrogen) atoms. The van der Waals surface area contributed by atoms with Gasteiger partial charge >= 0.3 is 5.97 Å². The van der Waals surface area contributed by atoms with Crippen LogP contribution in [0.4, 0.5) is 0 Å². The third-order valence-electron chi connectivity index (χ3n) is 3.43. The zero-order valence-electron chi connectivity index (χ0n) is 15.1. The molecule has 2 N–H and O–H groups in total. The average molecular weight is 358 g/mol. The van der Waals surface area contributed by atoms with E-state index in [0.717, 1.165) is 6.07 Å². The van der Waals surface area contributed by atoms with Crippen molar-refractivity contribution < 1.29 is 29.3 Å². The van der Waals surface area contributed by atoms with Crippen molar-refractivity contribution in [2.45, 2.75) is 39.9 Å². The third-order valence-corrected chi connectivity index (χ3v) is 3.43. The van der Waals surface area contributed by atoms with Crippen molar-refractivity contribution in [3.63, 3.8) is 0 Å². The zero-order valence-corrected chi connectivity index (χ0v) is 15.1. The summed E-state index contributed by atoms with van der Waals surface area (Å²) in [6.07, 6.45) is -0.324. The van der Waals surface area contributed by atoms with Crippen LogP contribution in [0, 0.1) is 0 Å². The topological polar surface area (TPSA) is 93.1 Å². The molecule has 0 aliphatic heterocycles. The van der Waals surface area contributed by atoms with Crippen molar-refractivity contribution in [2.75, 3.05) is 0 Å². The van der Waals surface area contributed by atoms with E-state index in [2.05, 4.69) is 0 Å². The molecule has 0 saturated heterocycles. The number of carbonyl (C=O) groups excluding carboxylic acids is 1. The standard InChI is InChI=1S/C20H22O6/c1-11(2)25-16-6-5-7-17(26-12(3)4)18(16)19(22)13-8-9-15(21)14(10-13)20(23)24/h5-12,21H,1-4H3,(H,23,24). The molecule has 6 nitrogen and oxygen atoms in total. The van der Waals surface area contributed by atoms with Crippen LogP contribution in [0.2, 0.25) is 0 Å². The van der Waals surface area contributed by atoms with Gasteiger partial charge in [0.05, 0.1) is 12.2 Å². The van der Waals surface area contributed by atoms with Crippen molar-refractivity contribution in [3.05, 3.63) is 53.1 Å². The molecule has 0 aliphatic rings. The predicted molar refractivity (Wildman–Crippen MR) is 96.5 cm³/mol. The number of rotatable bonds is 7. The second kappa shape index (κ2) is 7.91. The maximum absolute atomic E-state index is 13.1. The highest BCUT2D eigenvalue weighted by molar-refractivity contribution is 6.13. The molecule has 0 aromatic heterocycles. The van der Waals surface area contributed by atoms with E-state index < -0.39 is 17.5 Å². The van der Waals surface area contributed by atoms with Crippen LogP contribution in [0.5, 0.6) is 17.2 Å². The van der Waals surface area contributed by atoms with Crippen LogP contribution < -0.4 is 9.47 Å². The van der Waals surface area contributed by atoms with E-state index in [-0.39, 0.29) is 28.9 Å². The van der Waals surface area contributed by atoms with Crippen LogP contribution in [0.1, 0.15) is 54.0 Å². The Morgan fingerprint density at radius 2 is 1.46 bits per heavy atom. The summed E-state index contributed by atoms with van der Waals surface area (Å²) in [6.45, 7) is 7.36. The number of phenols is 1. The van der Waals surface area contributed by atoms with Gasteiger partial charge in [0.1, 0.15) is 28.4 Å². The zero-order chi connectivity index (χ0) is 19.4. The normalized spacial score (nSPS) is 10.8. The maximum atomic E-state index is 13.1. The second-order valence-electron chi connectivity index (χ2n) is 6.33. The van der Waals surface area contributed by atoms with Crippen LogP contribution in [0.25, 0.3) is 0 Å². The highest BCUT2D eigenvalue weighted by atomic mass is 16.5. The summed E-state index contributed by atoms with van der Waals surface area (Å²) in [5, 5.41) is 18.8. The summed E-state index contributed by atoms with van der Waals surface area (Å²) in [6, 6.07) is 8.76. The number of aromatic carboxylic acids is 1. The van der Waals surface area contributed by atoms with Gasteiger partial charge in [-0.2, -0.15) is 0 Å². The molecule has 6 heteroatoms. The molecular formula is C20H22O6. The lowest BCUT2D eigenvalue weighted by Gasteiger charge is -2.19. The predicted octanol–water partition coefficient (Wildman–Crippen LogP) is 3.90. The molecule has 0 radical (unpaired) electrons. The van der Waals surface area contributed by atoms with E-state index in [1.54, 1.807) is 18.2 Å². The van der Waals surface area contributed by atoms with Gasteiger partial charge in [0.25, 0.3) is 0 Å². The number of aromatic hydroxyl groups is 1. The number of hydrogen-bond donors (Lipinski definition) is 2. The quantitative estimate of drug-likeness (QED) is 0.729. The molecule has 0 bridgehead atoms. The summed E-state index contributed by atoms with van der Waals surface area (Å²) in [7, 11) is 0. The summed E-state index contributed by atoms with van der Waals surface area (Å²) in [5.74, 6) is -1.46. The molecule has 2 aromatic carbocycles. The van der Waals surface area contributed by atoms with Crippen molar-refractivity contribution in [1.82, 2.24) is 0 Å². The number of hydrogen-bond acceptors (Lipinski definition) is 5. The van der Waals surface area contributed by atoms with Crippen LogP contribution in [0.15, 0.2) is 36.4 Å². The van der Waals surface area contributed by atoms with Gasteiger partial charge in [-0.25, -0.2) is 4.79 Å². The first-order valence-corrected chi connectivity index (χ1v) is 8.28. The molecule has 0 fully saturated rings. The molecule has 2 aromatic rings. The Morgan fingerprint density at radius 1 is 0.923 bits per heavy atom. The first-order chi connectivity index (χ1) is 12.2. The Bertz CT molecular complexity index is 795. The van der Waals surface area contributed by atoms with E-state index in [1.165, 1.54) is 12.1 Å². The second-order valence-corrected chi connectivity index (χ2v) is 6.33. The largest absolute Gasteiger partial charge is 0.507 e. The Hall–Kier alpha value is -3.02. The Kier molecular flexibility index (Phi) is 5.87. The first kappa shape index (κ1) is 19.3. The van der Waals surface area contributed by atoms with Gasteiger partial charge in [0.2, 0.25) is 5.78 Å². The molecule has 0 unspecified atom stereocenters. The van der Waals surface area contributed by atoms with Crippen LogP contribution >= 0.6 is 0 Å². The number of carboxylic acids is 1. The van der Waals surface area contributed by atoms with Crippen molar-refractivity contribution in [1.29, 1.82) is 0 Å². The van der Waals surface area contributed by atoms with Gasteiger partial charge in [-0.1, -0.05) is 6.07 Å². The fourth-order valence-electron chi connectivity index (χ4n) is 2.43. The minimum absolute atomic E-state index is 0.119. The number of carbonyl (C=O) groups is 2. The molecule has 0 atom stereocenters. The molecule has 0 aliphatic carbocycles.